The molecule has 0 saturated carbocycles. The van der Waals surface area contributed by atoms with Crippen LogP contribution in [0, 0.1) is 0 Å². The van der Waals surface area contributed by atoms with Crippen LogP contribution in [0.25, 0.3) is 0 Å². The number of thioether (sulfide) groups is 1. The molecule has 0 spiro atoms. The predicted molar refractivity (Wildman–Crippen MR) is 84.4 cm³/mol. The van der Waals surface area contributed by atoms with Gasteiger partial charge in [0.15, 0.2) is 0 Å². The summed E-state index contributed by atoms with van der Waals surface area (Å²) in [5, 5.41) is 3.36. The van der Waals surface area contributed by atoms with Crippen LogP contribution in [-0.2, 0) is 14.4 Å². The third-order valence-electron chi connectivity index (χ3n) is 2.07. The molecule has 3 amide bonds. The Hall–Kier alpha value is -0.350. The van der Waals surface area contributed by atoms with Crippen LogP contribution in [0.3, 0.4) is 0 Å². The van der Waals surface area contributed by atoms with E-state index in [1.807, 2.05) is 0 Å². The lowest BCUT2D eigenvalue weighted by Gasteiger charge is -2.23. The highest BCUT2D eigenvalue weighted by Gasteiger charge is 2.30. The monoisotopic (exact) mass is 393 g/mol. The van der Waals surface area contributed by atoms with Crippen molar-refractivity contribution < 1.29 is 19.2 Å². The number of carbonyl (C=O) groups is 3. The molecule has 0 aromatic rings. The van der Waals surface area contributed by atoms with Gasteiger partial charge in [0.2, 0.25) is 11.0 Å². The van der Waals surface area contributed by atoms with Crippen LogP contribution in [0.1, 0.15) is 6.92 Å². The Kier molecular flexibility index (Phi) is 6.92. The zero-order chi connectivity index (χ0) is 16.2. The first-order valence-electron chi connectivity index (χ1n) is 5.35. The van der Waals surface area contributed by atoms with Gasteiger partial charge in [-0.2, -0.15) is 0 Å². The summed E-state index contributed by atoms with van der Waals surface area (Å²) in [7, 11) is 1.31. The largest absolute Gasteiger partial charge is 0.445 e. The van der Waals surface area contributed by atoms with Crippen LogP contribution in [0.5, 0.6) is 0 Å². The lowest BCUT2D eigenvalue weighted by Crippen LogP contribution is -2.44. The predicted octanol–water partition coefficient (Wildman–Crippen LogP) is 2.47. The Morgan fingerprint density at radius 3 is 2.62 bits per heavy atom. The topological polar surface area (TPSA) is 79.3 Å². The van der Waals surface area contributed by atoms with Crippen LogP contribution in [0.15, 0.2) is 5.16 Å². The maximum atomic E-state index is 11.9. The molecule has 0 aromatic heterocycles. The molecule has 1 aliphatic heterocycles. The van der Waals surface area contributed by atoms with Crippen LogP contribution >= 0.6 is 58.5 Å². The standard InChI is InChI=1S/C9H10Cl3N3O4S2/c1-5(16)15-3-4-20-6(7(15)17)13-19-8(18)14(2)21-9(10,11)12/h3-4H2,1-2H3. The first kappa shape index (κ1) is 18.7. The summed E-state index contributed by atoms with van der Waals surface area (Å²) in [4.78, 5) is 40.3. The SMILES string of the molecule is CC(=O)N1CCSC(=NOC(=O)N(C)SC(Cl)(Cl)Cl)C1=O. The van der Waals surface area contributed by atoms with Crippen molar-refractivity contribution in [3.8, 4) is 0 Å². The van der Waals surface area contributed by atoms with Gasteiger partial charge in [-0.05, 0) is 0 Å². The number of nitrogens with zero attached hydrogens (tertiary/aromatic N) is 3. The average molecular weight is 395 g/mol. The molecule has 0 N–H and O–H groups in total. The van der Waals surface area contributed by atoms with E-state index in [9.17, 15) is 14.4 Å². The van der Waals surface area contributed by atoms with Gasteiger partial charge < -0.3 is 0 Å². The third kappa shape index (κ3) is 6.11. The van der Waals surface area contributed by atoms with E-state index in [4.69, 9.17) is 34.8 Å². The molecule has 21 heavy (non-hydrogen) atoms. The van der Waals surface area contributed by atoms with Crippen LogP contribution in [-0.4, -0.2) is 54.6 Å². The highest BCUT2D eigenvalue weighted by molar-refractivity contribution is 8.15. The van der Waals surface area contributed by atoms with Gasteiger partial charge in [-0.1, -0.05) is 51.7 Å². The Labute approximate surface area is 144 Å². The Morgan fingerprint density at radius 2 is 2.10 bits per heavy atom. The Bertz CT molecular complexity index is 483. The van der Waals surface area contributed by atoms with Crippen molar-refractivity contribution in [2.24, 2.45) is 5.16 Å². The molecule has 0 atom stereocenters. The molecule has 0 radical (unpaired) electrons. The third-order valence-corrected chi connectivity index (χ3v) is 4.23. The summed E-state index contributed by atoms with van der Waals surface area (Å²) >= 11 is 18.2. The van der Waals surface area contributed by atoms with Crippen LogP contribution in [0.4, 0.5) is 4.79 Å². The quantitative estimate of drug-likeness (QED) is 0.310. The summed E-state index contributed by atoms with van der Waals surface area (Å²) in [6.45, 7) is 1.55. The number of amides is 3. The fraction of sp³-hybridized carbons (Fsp3) is 0.556. The molecule has 12 heteroatoms. The zero-order valence-corrected chi connectivity index (χ0v) is 14.7. The second-order valence-corrected chi connectivity index (χ2v) is 8.99. The number of rotatable bonds is 2. The van der Waals surface area contributed by atoms with E-state index in [-0.39, 0.29) is 11.6 Å². The van der Waals surface area contributed by atoms with Crippen molar-refractivity contribution in [1.29, 1.82) is 0 Å². The van der Waals surface area contributed by atoms with E-state index >= 15 is 0 Å². The van der Waals surface area contributed by atoms with E-state index in [0.29, 0.717) is 17.7 Å². The van der Waals surface area contributed by atoms with Gasteiger partial charge in [0, 0.05) is 38.2 Å². The second-order valence-electron chi connectivity index (χ2n) is 3.61. The minimum Gasteiger partial charge on any atom is -0.296 e. The van der Waals surface area contributed by atoms with Crippen molar-refractivity contribution in [1.82, 2.24) is 9.21 Å². The molecule has 1 aliphatic rings. The lowest BCUT2D eigenvalue weighted by atomic mass is 10.4. The molecule has 1 fully saturated rings. The van der Waals surface area contributed by atoms with E-state index in [1.165, 1.54) is 14.0 Å². The number of hydrogen-bond acceptors (Lipinski definition) is 7. The van der Waals surface area contributed by atoms with Crippen molar-refractivity contribution in [2.75, 3.05) is 19.3 Å². The molecule has 1 rings (SSSR count). The van der Waals surface area contributed by atoms with Gasteiger partial charge in [0.1, 0.15) is 0 Å². The van der Waals surface area contributed by atoms with Crippen molar-refractivity contribution in [2.45, 2.75) is 10.0 Å². The molecule has 0 unspecified atom stereocenters. The number of oxime groups is 1. The molecule has 0 aliphatic carbocycles. The van der Waals surface area contributed by atoms with E-state index in [2.05, 4.69) is 9.99 Å². The second kappa shape index (κ2) is 7.77. The highest BCUT2D eigenvalue weighted by Crippen LogP contribution is 2.40. The fourth-order valence-corrected chi connectivity index (χ4v) is 3.35. The van der Waals surface area contributed by atoms with Gasteiger partial charge in [-0.3, -0.25) is 19.3 Å². The van der Waals surface area contributed by atoms with E-state index in [0.717, 1.165) is 21.0 Å². The van der Waals surface area contributed by atoms with Gasteiger partial charge in [-0.25, -0.2) is 9.10 Å². The summed E-state index contributed by atoms with van der Waals surface area (Å²) in [5.41, 5.74) is 0. The average Bonchev–Trinajstić information content (AvgIpc) is 2.34. The molecule has 118 valence electrons. The van der Waals surface area contributed by atoms with E-state index < -0.39 is 21.0 Å². The molecular formula is C9H10Cl3N3O4S2. The molecule has 1 heterocycles. The number of hydrogen-bond donors (Lipinski definition) is 0. The molecule has 0 aromatic carbocycles. The summed E-state index contributed by atoms with van der Waals surface area (Å²) < 4.78 is -0.820. The summed E-state index contributed by atoms with van der Waals surface area (Å²) in [5.74, 6) is -0.535. The lowest BCUT2D eigenvalue weighted by molar-refractivity contribution is -0.139. The molecular weight excluding hydrogens is 385 g/mol. The van der Waals surface area contributed by atoms with Crippen molar-refractivity contribution in [3.05, 3.63) is 0 Å². The minimum atomic E-state index is -1.73. The maximum absolute atomic E-state index is 11.9. The number of halogens is 3. The van der Waals surface area contributed by atoms with Crippen LogP contribution < -0.4 is 0 Å². The Balaban J connectivity index is 2.65. The molecule has 0 bridgehead atoms. The van der Waals surface area contributed by atoms with E-state index in [1.54, 1.807) is 0 Å². The molecule has 7 nitrogen and oxygen atoms in total. The van der Waals surface area contributed by atoms with Crippen molar-refractivity contribution >= 4 is 81.5 Å². The molecule has 1 saturated heterocycles. The number of imide groups is 1. The minimum absolute atomic E-state index is 0.0860. The van der Waals surface area contributed by atoms with Crippen molar-refractivity contribution in [3.63, 3.8) is 0 Å². The van der Waals surface area contributed by atoms with Crippen LogP contribution in [0.2, 0.25) is 0 Å². The fourth-order valence-electron chi connectivity index (χ4n) is 1.21. The first-order chi connectivity index (χ1) is 9.61. The first-order valence-corrected chi connectivity index (χ1v) is 8.25. The zero-order valence-electron chi connectivity index (χ0n) is 10.8. The van der Waals surface area contributed by atoms with Gasteiger partial charge in [0.05, 0.1) is 0 Å². The highest BCUT2D eigenvalue weighted by atomic mass is 35.6. The number of carbonyl (C=O) groups excluding carboxylic acids is 3. The normalized spacial score (nSPS) is 17.9. The van der Waals surface area contributed by atoms with Gasteiger partial charge >= 0.3 is 6.09 Å². The van der Waals surface area contributed by atoms with Gasteiger partial charge in [0.25, 0.3) is 9.03 Å². The number of alkyl halides is 3. The Morgan fingerprint density at radius 1 is 1.48 bits per heavy atom. The maximum Gasteiger partial charge on any atom is 0.445 e. The summed E-state index contributed by atoms with van der Waals surface area (Å²) in [6, 6.07) is 0. The smallest absolute Gasteiger partial charge is 0.296 e. The van der Waals surface area contributed by atoms with Gasteiger partial charge in [-0.15, -0.1) is 0 Å². The summed E-state index contributed by atoms with van der Waals surface area (Å²) in [6.07, 6.45) is -0.924.